The molecule has 19 heavy (non-hydrogen) atoms. The molecule has 0 amide bonds. The van der Waals surface area contributed by atoms with Gasteiger partial charge in [0.05, 0.1) is 5.92 Å². The summed E-state index contributed by atoms with van der Waals surface area (Å²) < 4.78 is 0. The Labute approximate surface area is 113 Å². The van der Waals surface area contributed by atoms with Crippen LogP contribution >= 0.6 is 0 Å². The van der Waals surface area contributed by atoms with E-state index in [-0.39, 0.29) is 0 Å². The van der Waals surface area contributed by atoms with Crippen LogP contribution in [0.4, 0.5) is 0 Å². The van der Waals surface area contributed by atoms with Crippen molar-refractivity contribution in [2.75, 3.05) is 0 Å². The highest BCUT2D eigenvalue weighted by atomic mass is 16.4. The minimum atomic E-state index is -0.771. The Morgan fingerprint density at radius 1 is 1.11 bits per heavy atom. The molecule has 1 N–H and O–H groups in total. The van der Waals surface area contributed by atoms with Gasteiger partial charge in [-0.25, -0.2) is 0 Å². The van der Waals surface area contributed by atoms with Crippen molar-refractivity contribution in [3.8, 4) is 0 Å². The monoisotopic (exact) mass is 254 g/mol. The lowest BCUT2D eigenvalue weighted by Crippen LogP contribution is -2.15. The summed E-state index contributed by atoms with van der Waals surface area (Å²) >= 11 is 0. The Hall–Kier alpha value is -2.09. The van der Waals surface area contributed by atoms with Gasteiger partial charge < -0.3 is 5.11 Å². The van der Waals surface area contributed by atoms with E-state index in [1.807, 2.05) is 44.2 Å². The second kappa shape index (κ2) is 5.70. The van der Waals surface area contributed by atoms with Crippen molar-refractivity contribution in [3.63, 3.8) is 0 Å². The lowest BCUT2D eigenvalue weighted by atomic mass is 9.89. The molecule has 2 nitrogen and oxygen atoms in total. The molecule has 0 aliphatic heterocycles. The average Bonchev–Trinajstić information content (AvgIpc) is 2.40. The minimum Gasteiger partial charge on any atom is -0.481 e. The normalized spacial score (nSPS) is 12.1. The van der Waals surface area contributed by atoms with Crippen LogP contribution in [-0.2, 0) is 11.2 Å². The second-order valence-corrected chi connectivity index (χ2v) is 4.94. The van der Waals surface area contributed by atoms with E-state index in [4.69, 9.17) is 0 Å². The first-order valence-electron chi connectivity index (χ1n) is 6.42. The smallest absolute Gasteiger partial charge is 0.311 e. The third-order valence-corrected chi connectivity index (χ3v) is 3.43. The zero-order valence-electron chi connectivity index (χ0n) is 11.3. The van der Waals surface area contributed by atoms with Gasteiger partial charge in [0.15, 0.2) is 0 Å². The zero-order chi connectivity index (χ0) is 13.8. The molecule has 0 fully saturated rings. The van der Waals surface area contributed by atoms with E-state index in [2.05, 4.69) is 18.2 Å². The van der Waals surface area contributed by atoms with Crippen LogP contribution in [0.1, 0.15) is 28.2 Å². The zero-order valence-corrected chi connectivity index (χ0v) is 11.3. The molecule has 0 saturated heterocycles. The van der Waals surface area contributed by atoms with Crippen molar-refractivity contribution in [1.29, 1.82) is 0 Å². The van der Waals surface area contributed by atoms with Crippen LogP contribution < -0.4 is 0 Å². The molecular formula is C17H18O2. The Kier molecular flexibility index (Phi) is 4.00. The summed E-state index contributed by atoms with van der Waals surface area (Å²) in [6.45, 7) is 4.06. The molecule has 0 aliphatic carbocycles. The molecular weight excluding hydrogens is 236 g/mol. The Bertz CT molecular complexity index is 573. The van der Waals surface area contributed by atoms with Gasteiger partial charge in [-0.3, -0.25) is 4.79 Å². The molecule has 98 valence electrons. The molecule has 1 atom stereocenters. The summed E-state index contributed by atoms with van der Waals surface area (Å²) in [6.07, 6.45) is 0.535. The molecule has 2 rings (SSSR count). The van der Waals surface area contributed by atoms with Crippen LogP contribution in [0.5, 0.6) is 0 Å². The van der Waals surface area contributed by atoms with E-state index in [1.54, 1.807) is 0 Å². The SMILES string of the molecule is Cc1ccc(C)c(CC(C(=O)O)c2ccccc2)c1. The van der Waals surface area contributed by atoms with Crippen LogP contribution in [-0.4, -0.2) is 11.1 Å². The van der Waals surface area contributed by atoms with Crippen LogP contribution in [0.2, 0.25) is 0 Å². The number of hydrogen-bond donors (Lipinski definition) is 1. The number of rotatable bonds is 4. The summed E-state index contributed by atoms with van der Waals surface area (Å²) in [5, 5.41) is 9.45. The number of carboxylic acids is 1. The van der Waals surface area contributed by atoms with E-state index < -0.39 is 11.9 Å². The van der Waals surface area contributed by atoms with Crippen LogP contribution in [0.3, 0.4) is 0 Å². The van der Waals surface area contributed by atoms with E-state index >= 15 is 0 Å². The number of aliphatic carboxylic acids is 1. The maximum Gasteiger partial charge on any atom is 0.311 e. The third kappa shape index (κ3) is 3.22. The highest BCUT2D eigenvalue weighted by Crippen LogP contribution is 2.23. The molecule has 0 bridgehead atoms. The van der Waals surface area contributed by atoms with Crippen LogP contribution in [0.25, 0.3) is 0 Å². The first-order chi connectivity index (χ1) is 9.08. The number of carbonyl (C=O) groups is 1. The summed E-state index contributed by atoms with van der Waals surface area (Å²) in [4.78, 5) is 11.5. The maximum absolute atomic E-state index is 11.5. The summed E-state index contributed by atoms with van der Waals surface area (Å²) in [5.41, 5.74) is 4.28. The number of benzene rings is 2. The molecule has 0 saturated carbocycles. The maximum atomic E-state index is 11.5. The predicted molar refractivity (Wildman–Crippen MR) is 76.4 cm³/mol. The number of carboxylic acid groups (broad SMARTS) is 1. The van der Waals surface area contributed by atoms with Crippen molar-refractivity contribution >= 4 is 5.97 Å². The molecule has 0 aromatic heterocycles. The van der Waals surface area contributed by atoms with E-state index in [1.165, 1.54) is 0 Å². The summed E-state index contributed by atoms with van der Waals surface area (Å²) in [6, 6.07) is 15.6. The molecule has 0 aliphatic rings. The first kappa shape index (κ1) is 13.3. The van der Waals surface area contributed by atoms with Crippen LogP contribution in [0, 0.1) is 13.8 Å². The average molecular weight is 254 g/mol. The second-order valence-electron chi connectivity index (χ2n) is 4.94. The highest BCUT2D eigenvalue weighted by Gasteiger charge is 2.20. The van der Waals surface area contributed by atoms with E-state index in [0.29, 0.717) is 6.42 Å². The van der Waals surface area contributed by atoms with E-state index in [0.717, 1.165) is 22.3 Å². The fourth-order valence-electron chi connectivity index (χ4n) is 2.27. The fourth-order valence-corrected chi connectivity index (χ4v) is 2.27. The topological polar surface area (TPSA) is 37.3 Å². The first-order valence-corrected chi connectivity index (χ1v) is 6.42. The van der Waals surface area contributed by atoms with Gasteiger partial charge in [-0.15, -0.1) is 0 Å². The van der Waals surface area contributed by atoms with Gasteiger partial charge in [0.25, 0.3) is 0 Å². The lowest BCUT2D eigenvalue weighted by molar-refractivity contribution is -0.138. The fraction of sp³-hybridized carbons (Fsp3) is 0.235. The van der Waals surface area contributed by atoms with Gasteiger partial charge in [0, 0.05) is 0 Å². The van der Waals surface area contributed by atoms with Gasteiger partial charge in [0.2, 0.25) is 0 Å². The molecule has 1 unspecified atom stereocenters. The van der Waals surface area contributed by atoms with Gasteiger partial charge in [-0.1, -0.05) is 54.1 Å². The van der Waals surface area contributed by atoms with Crippen molar-refractivity contribution in [2.24, 2.45) is 0 Å². The molecule has 0 spiro atoms. The Morgan fingerprint density at radius 2 is 1.79 bits per heavy atom. The Balaban J connectivity index is 2.32. The quantitative estimate of drug-likeness (QED) is 0.903. The largest absolute Gasteiger partial charge is 0.481 e. The van der Waals surface area contributed by atoms with Crippen molar-refractivity contribution in [1.82, 2.24) is 0 Å². The molecule has 2 aromatic rings. The van der Waals surface area contributed by atoms with Gasteiger partial charge in [-0.2, -0.15) is 0 Å². The van der Waals surface area contributed by atoms with Crippen molar-refractivity contribution in [3.05, 3.63) is 70.8 Å². The third-order valence-electron chi connectivity index (χ3n) is 3.43. The molecule has 2 heteroatoms. The summed E-state index contributed by atoms with van der Waals surface area (Å²) in [7, 11) is 0. The molecule has 0 heterocycles. The standard InChI is InChI=1S/C17H18O2/c1-12-8-9-13(2)15(10-12)11-16(17(18)19)14-6-4-3-5-7-14/h3-10,16H,11H2,1-2H3,(H,18,19). The number of hydrogen-bond acceptors (Lipinski definition) is 1. The molecule has 0 radical (unpaired) electrons. The lowest BCUT2D eigenvalue weighted by Gasteiger charge is -2.15. The highest BCUT2D eigenvalue weighted by molar-refractivity contribution is 5.76. The number of aryl methyl sites for hydroxylation is 2. The van der Waals surface area contributed by atoms with Gasteiger partial charge >= 0.3 is 5.97 Å². The van der Waals surface area contributed by atoms with Gasteiger partial charge in [0.1, 0.15) is 0 Å². The minimum absolute atomic E-state index is 0.485. The van der Waals surface area contributed by atoms with Gasteiger partial charge in [-0.05, 0) is 37.0 Å². The molecule has 2 aromatic carbocycles. The summed E-state index contributed by atoms with van der Waals surface area (Å²) in [5.74, 6) is -1.26. The predicted octanol–water partition coefficient (Wildman–Crippen LogP) is 3.71. The van der Waals surface area contributed by atoms with Crippen LogP contribution in [0.15, 0.2) is 48.5 Å². The van der Waals surface area contributed by atoms with Crippen molar-refractivity contribution in [2.45, 2.75) is 26.2 Å². The Morgan fingerprint density at radius 3 is 2.42 bits per heavy atom. The van der Waals surface area contributed by atoms with E-state index in [9.17, 15) is 9.90 Å². The van der Waals surface area contributed by atoms with Crippen molar-refractivity contribution < 1.29 is 9.90 Å².